The molecule has 0 radical (unpaired) electrons. The monoisotopic (exact) mass is 491 g/mol. The number of hydrogen-bond donors (Lipinski definition) is 1. The van der Waals surface area contributed by atoms with Crippen LogP contribution in [-0.4, -0.2) is 30.4 Å². The molecule has 1 aliphatic rings. The number of anilines is 1. The van der Waals surface area contributed by atoms with Crippen LogP contribution in [0.3, 0.4) is 0 Å². The Morgan fingerprint density at radius 3 is 2.54 bits per heavy atom. The largest absolute Gasteiger partial charge is 0.332 e. The van der Waals surface area contributed by atoms with Gasteiger partial charge in [-0.2, -0.15) is 0 Å². The lowest BCUT2D eigenvalue weighted by atomic mass is 9.91. The van der Waals surface area contributed by atoms with Crippen LogP contribution in [0.15, 0.2) is 40.2 Å². The quantitative estimate of drug-likeness (QED) is 0.432. The number of carbonyl (C=O) groups excluding carboxylic acids is 2. The number of ketones is 1. The summed E-state index contributed by atoms with van der Waals surface area (Å²) in [5.41, 5.74) is 2.41. The van der Waals surface area contributed by atoms with E-state index in [2.05, 4.69) is 10.3 Å². The summed E-state index contributed by atoms with van der Waals surface area (Å²) in [7, 11) is 3.17. The minimum atomic E-state index is -0.627. The van der Waals surface area contributed by atoms with Crippen LogP contribution in [0.2, 0.25) is 0 Å². The van der Waals surface area contributed by atoms with Gasteiger partial charge in [0.25, 0.3) is 5.56 Å². The van der Waals surface area contributed by atoms with Crippen LogP contribution in [0.4, 0.5) is 5.00 Å². The Labute approximate surface area is 204 Å². The van der Waals surface area contributed by atoms with Crippen molar-refractivity contribution in [3.63, 3.8) is 0 Å². The van der Waals surface area contributed by atoms with Gasteiger partial charge in [0.05, 0.1) is 11.9 Å². The normalized spacial score (nSPS) is 13.1. The highest BCUT2D eigenvalue weighted by atomic mass is 32.1. The number of aromatic nitrogens is 4. The minimum absolute atomic E-state index is 0.135. The molecule has 0 spiro atoms. The highest BCUT2D eigenvalue weighted by Crippen LogP contribution is 2.39. The predicted octanol–water partition coefficient (Wildman–Crippen LogP) is 2.55. The Morgan fingerprint density at radius 1 is 1.09 bits per heavy atom. The second kappa shape index (κ2) is 8.77. The third kappa shape index (κ3) is 3.93. The maximum Gasteiger partial charge on any atom is 0.332 e. The van der Waals surface area contributed by atoms with E-state index in [1.807, 2.05) is 19.1 Å². The molecule has 1 aromatic carbocycles. The van der Waals surface area contributed by atoms with Crippen LogP contribution >= 0.6 is 11.3 Å². The van der Waals surface area contributed by atoms with Crippen molar-refractivity contribution >= 4 is 39.2 Å². The lowest BCUT2D eigenvalue weighted by molar-refractivity contribution is -0.116. The van der Waals surface area contributed by atoms with E-state index in [4.69, 9.17) is 0 Å². The van der Waals surface area contributed by atoms with E-state index >= 15 is 0 Å². The van der Waals surface area contributed by atoms with Crippen LogP contribution in [0.1, 0.15) is 44.8 Å². The molecule has 180 valence electrons. The van der Waals surface area contributed by atoms with Crippen molar-refractivity contribution in [3.8, 4) is 0 Å². The molecule has 4 aromatic rings. The van der Waals surface area contributed by atoms with E-state index in [0.717, 1.165) is 46.3 Å². The van der Waals surface area contributed by atoms with E-state index in [-0.39, 0.29) is 16.9 Å². The summed E-state index contributed by atoms with van der Waals surface area (Å²) < 4.78 is 3.67. The maximum absolute atomic E-state index is 13.5. The molecule has 1 amide bonds. The molecule has 5 rings (SSSR count). The van der Waals surface area contributed by atoms with Crippen molar-refractivity contribution in [3.05, 3.63) is 78.6 Å². The molecule has 0 saturated heterocycles. The Hall–Kier alpha value is -3.79. The molecule has 1 aliphatic carbocycles. The zero-order valence-corrected chi connectivity index (χ0v) is 20.6. The summed E-state index contributed by atoms with van der Waals surface area (Å²) in [4.78, 5) is 57.6. The number of benzene rings is 1. The van der Waals surface area contributed by atoms with E-state index in [0.29, 0.717) is 16.1 Å². The van der Waals surface area contributed by atoms with E-state index in [1.165, 1.54) is 33.8 Å². The van der Waals surface area contributed by atoms with Crippen molar-refractivity contribution in [1.82, 2.24) is 18.7 Å². The number of fused-ring (bicyclic) bond motifs is 2. The lowest BCUT2D eigenvalue weighted by Gasteiger charge is -2.13. The van der Waals surface area contributed by atoms with Gasteiger partial charge in [0.15, 0.2) is 16.9 Å². The smallest absolute Gasteiger partial charge is 0.328 e. The number of nitrogens with one attached hydrogen (secondary N) is 1. The molecule has 0 fully saturated rings. The van der Waals surface area contributed by atoms with Gasteiger partial charge in [0, 0.05) is 24.5 Å². The van der Waals surface area contributed by atoms with Crippen LogP contribution in [0, 0.1) is 6.92 Å². The molecule has 1 N–H and O–H groups in total. The topological polar surface area (TPSA) is 108 Å². The number of hydrogen-bond acceptors (Lipinski definition) is 6. The van der Waals surface area contributed by atoms with Gasteiger partial charge in [-0.15, -0.1) is 11.3 Å². The van der Waals surface area contributed by atoms with Crippen molar-refractivity contribution in [2.45, 2.75) is 39.2 Å². The zero-order valence-electron chi connectivity index (χ0n) is 19.8. The van der Waals surface area contributed by atoms with Crippen molar-refractivity contribution in [2.24, 2.45) is 14.1 Å². The maximum atomic E-state index is 13.5. The molecule has 3 heterocycles. The molecule has 10 heteroatoms. The molecule has 0 atom stereocenters. The first-order chi connectivity index (χ1) is 16.8. The van der Waals surface area contributed by atoms with Crippen molar-refractivity contribution in [1.29, 1.82) is 0 Å². The Kier molecular flexibility index (Phi) is 5.76. The molecular formula is C25H25N5O4S. The van der Waals surface area contributed by atoms with Gasteiger partial charge in [-0.1, -0.05) is 29.8 Å². The van der Waals surface area contributed by atoms with Crippen LogP contribution in [-0.2, 0) is 38.3 Å². The number of nitrogens with zero attached hydrogens (tertiary/aromatic N) is 4. The van der Waals surface area contributed by atoms with Crippen LogP contribution < -0.4 is 16.6 Å². The highest BCUT2D eigenvalue weighted by molar-refractivity contribution is 7.17. The predicted molar refractivity (Wildman–Crippen MR) is 134 cm³/mol. The number of rotatable bonds is 5. The van der Waals surface area contributed by atoms with E-state index < -0.39 is 23.7 Å². The van der Waals surface area contributed by atoms with Crippen molar-refractivity contribution < 1.29 is 9.59 Å². The number of aryl methyl sites for hydroxylation is 4. The minimum Gasteiger partial charge on any atom is -0.328 e. The Morgan fingerprint density at radius 2 is 1.80 bits per heavy atom. The van der Waals surface area contributed by atoms with E-state index in [9.17, 15) is 19.2 Å². The molecule has 0 unspecified atom stereocenters. The molecule has 0 saturated carbocycles. The number of carbonyl (C=O) groups is 2. The fraction of sp³-hybridized carbons (Fsp3) is 0.320. The summed E-state index contributed by atoms with van der Waals surface area (Å²) in [6, 6.07) is 7.37. The van der Waals surface area contributed by atoms with Crippen LogP contribution in [0.5, 0.6) is 0 Å². The fourth-order valence-corrected chi connectivity index (χ4v) is 5.89. The molecule has 35 heavy (non-hydrogen) atoms. The van der Waals surface area contributed by atoms with Gasteiger partial charge >= 0.3 is 5.69 Å². The molecule has 3 aromatic heterocycles. The summed E-state index contributed by atoms with van der Waals surface area (Å²) in [6.07, 6.45) is 5.12. The zero-order chi connectivity index (χ0) is 24.9. The standard InChI is InChI=1S/C25H25N5O4S/c1-14-8-10-15(11-9-14)21(32)19-16-6-4-5-7-17(16)35-23(19)27-18(31)12-30-24(33)20-22(26-13-28(20)2)29(3)25(30)34/h8-11,13H,4-7,12H2,1-3H3,(H,27,31). The number of imidazole rings is 1. The Balaban J connectivity index is 1.51. The van der Waals surface area contributed by atoms with Gasteiger partial charge in [0.2, 0.25) is 5.91 Å². The fourth-order valence-electron chi connectivity index (χ4n) is 4.59. The third-order valence-corrected chi connectivity index (χ3v) is 7.68. The SMILES string of the molecule is Cc1ccc(C(=O)c2c(NC(=O)Cn3c(=O)c4c(ncn4C)n(C)c3=O)sc3c2CCCC3)cc1. The first-order valence-electron chi connectivity index (χ1n) is 11.4. The van der Waals surface area contributed by atoms with E-state index in [1.54, 1.807) is 19.2 Å². The first kappa shape index (κ1) is 23.0. The highest BCUT2D eigenvalue weighted by Gasteiger charge is 2.27. The molecule has 9 nitrogen and oxygen atoms in total. The summed E-state index contributed by atoms with van der Waals surface area (Å²) in [5.74, 6) is -0.675. The second-order valence-corrected chi connectivity index (χ2v) is 10.0. The van der Waals surface area contributed by atoms with Gasteiger partial charge in [0.1, 0.15) is 11.5 Å². The average molecular weight is 492 g/mol. The molecule has 0 bridgehead atoms. The van der Waals surface area contributed by atoms with Gasteiger partial charge in [-0.3, -0.25) is 19.0 Å². The number of thiophene rings is 1. The lowest BCUT2D eigenvalue weighted by Crippen LogP contribution is -2.42. The molecule has 0 aliphatic heterocycles. The van der Waals surface area contributed by atoms with Crippen LogP contribution in [0.25, 0.3) is 11.2 Å². The second-order valence-electron chi connectivity index (χ2n) is 8.92. The van der Waals surface area contributed by atoms with Crippen molar-refractivity contribution in [2.75, 3.05) is 5.32 Å². The number of amides is 1. The summed E-state index contributed by atoms with van der Waals surface area (Å²) in [5, 5.41) is 3.31. The van der Waals surface area contributed by atoms with Gasteiger partial charge < -0.3 is 9.88 Å². The summed E-state index contributed by atoms with van der Waals surface area (Å²) in [6.45, 7) is 1.49. The van der Waals surface area contributed by atoms with Gasteiger partial charge in [-0.25, -0.2) is 14.3 Å². The average Bonchev–Trinajstić information content (AvgIpc) is 3.40. The first-order valence-corrected chi connectivity index (χ1v) is 12.2. The Bertz CT molecular complexity index is 1600. The third-order valence-electron chi connectivity index (χ3n) is 6.47. The van der Waals surface area contributed by atoms with Gasteiger partial charge in [-0.05, 0) is 38.2 Å². The molecular weight excluding hydrogens is 466 g/mol. The summed E-state index contributed by atoms with van der Waals surface area (Å²) >= 11 is 1.41.